The molecule has 0 aliphatic heterocycles. The number of hydrogen-bond acceptors (Lipinski definition) is 3. The molecule has 2 unspecified atom stereocenters. The Morgan fingerprint density at radius 1 is 0.590 bits per heavy atom. The monoisotopic (exact) mass is 552 g/mol. The van der Waals surface area contributed by atoms with Crippen molar-refractivity contribution in [2.45, 2.75) is 199 Å². The van der Waals surface area contributed by atoms with Crippen molar-refractivity contribution in [2.24, 2.45) is 0 Å². The average Bonchev–Trinajstić information content (AvgIpc) is 2.94. The minimum absolute atomic E-state index is 0.0989. The molecule has 3 N–H and O–H groups in total. The Hall–Kier alpha value is -0.870. The number of carbonyl (C=O) groups excluding carboxylic acids is 1. The zero-order valence-corrected chi connectivity index (χ0v) is 26.4. The van der Waals surface area contributed by atoms with Crippen LogP contribution in [0.5, 0.6) is 0 Å². The summed E-state index contributed by atoms with van der Waals surface area (Å²) in [5.41, 5.74) is 0. The van der Waals surface area contributed by atoms with E-state index >= 15 is 0 Å². The number of allylic oxidation sites excluding steroid dienone is 1. The molecule has 2 atom stereocenters. The van der Waals surface area contributed by atoms with Gasteiger partial charge in [-0.3, -0.25) is 4.79 Å². The van der Waals surface area contributed by atoms with Crippen LogP contribution in [0, 0.1) is 0 Å². The first kappa shape index (κ1) is 38.1. The second-order valence-electron chi connectivity index (χ2n) is 11.9. The minimum Gasteiger partial charge on any atom is -0.394 e. The second kappa shape index (κ2) is 31.7. The smallest absolute Gasteiger partial charge is 0.220 e. The van der Waals surface area contributed by atoms with Gasteiger partial charge in [-0.2, -0.15) is 0 Å². The van der Waals surface area contributed by atoms with Crippen LogP contribution in [0.4, 0.5) is 0 Å². The van der Waals surface area contributed by atoms with Crippen LogP contribution < -0.4 is 5.32 Å². The van der Waals surface area contributed by atoms with Crippen molar-refractivity contribution in [2.75, 3.05) is 6.61 Å². The second-order valence-corrected chi connectivity index (χ2v) is 11.9. The molecule has 0 bridgehead atoms. The highest BCUT2D eigenvalue weighted by molar-refractivity contribution is 5.76. The van der Waals surface area contributed by atoms with E-state index in [4.69, 9.17) is 0 Å². The molecule has 39 heavy (non-hydrogen) atoms. The predicted molar refractivity (Wildman–Crippen MR) is 170 cm³/mol. The maximum atomic E-state index is 11.8. The lowest BCUT2D eigenvalue weighted by atomic mass is 10.0. The summed E-state index contributed by atoms with van der Waals surface area (Å²) in [6, 6.07) is -0.611. The third-order valence-corrected chi connectivity index (χ3v) is 8.02. The van der Waals surface area contributed by atoms with E-state index in [0.29, 0.717) is 6.42 Å². The molecule has 4 heteroatoms. The Morgan fingerprint density at radius 3 is 1.31 bits per heavy atom. The molecule has 4 nitrogen and oxygen atoms in total. The summed E-state index contributed by atoms with van der Waals surface area (Å²) in [6.45, 7) is 4.08. The van der Waals surface area contributed by atoms with E-state index < -0.39 is 12.1 Å². The van der Waals surface area contributed by atoms with Crippen LogP contribution in [0.3, 0.4) is 0 Å². The fourth-order valence-electron chi connectivity index (χ4n) is 5.27. The van der Waals surface area contributed by atoms with Crippen molar-refractivity contribution in [1.82, 2.24) is 5.32 Å². The molecule has 0 aliphatic carbocycles. The summed E-state index contributed by atoms with van der Waals surface area (Å²) >= 11 is 0. The van der Waals surface area contributed by atoms with Crippen LogP contribution in [0.2, 0.25) is 0 Å². The Morgan fingerprint density at radius 2 is 0.949 bits per heavy atom. The van der Waals surface area contributed by atoms with Gasteiger partial charge in [-0.15, -0.1) is 0 Å². The number of unbranched alkanes of at least 4 members (excludes halogenated alkanes) is 24. The number of hydrogen-bond donors (Lipinski definition) is 3. The Bertz CT molecular complexity index is 522. The van der Waals surface area contributed by atoms with Crippen LogP contribution >= 0.6 is 0 Å². The molecule has 0 heterocycles. The fourth-order valence-corrected chi connectivity index (χ4v) is 5.27. The van der Waals surface area contributed by atoms with Crippen molar-refractivity contribution in [3.05, 3.63) is 12.2 Å². The van der Waals surface area contributed by atoms with Gasteiger partial charge in [0, 0.05) is 6.42 Å². The van der Waals surface area contributed by atoms with Crippen molar-refractivity contribution < 1.29 is 15.0 Å². The highest BCUT2D eigenvalue weighted by Crippen LogP contribution is 2.15. The Labute approximate surface area is 244 Å². The molecule has 0 fully saturated rings. The number of nitrogens with one attached hydrogen (secondary N) is 1. The summed E-state index contributed by atoms with van der Waals surface area (Å²) < 4.78 is 0. The summed E-state index contributed by atoms with van der Waals surface area (Å²) in [7, 11) is 0. The summed E-state index contributed by atoms with van der Waals surface area (Å²) in [6.07, 6.45) is 38.3. The molecular formula is C35H69NO3. The standard InChI is InChI=1S/C35H69NO3/c1-3-5-7-8-9-10-11-12-13-14-15-16-17-18-19-20-21-22-23-24-25-26-27-28-29-30-34(38)33(32-37)36-35(39)31-6-4-2/h29-30,33-34,37-38H,3-28,31-32H2,1-2H3,(H,36,39)/b30-29+. The van der Waals surface area contributed by atoms with Crippen LogP contribution in [-0.4, -0.2) is 34.9 Å². The molecule has 0 radical (unpaired) electrons. The molecule has 0 aromatic rings. The van der Waals surface area contributed by atoms with Gasteiger partial charge in [-0.25, -0.2) is 0 Å². The summed E-state index contributed by atoms with van der Waals surface area (Å²) in [4.78, 5) is 11.8. The van der Waals surface area contributed by atoms with E-state index in [1.165, 1.54) is 141 Å². The van der Waals surface area contributed by atoms with Gasteiger partial charge in [0.25, 0.3) is 0 Å². The van der Waals surface area contributed by atoms with Gasteiger partial charge in [-0.1, -0.05) is 174 Å². The minimum atomic E-state index is -0.829. The van der Waals surface area contributed by atoms with Crippen LogP contribution in [0.25, 0.3) is 0 Å². The van der Waals surface area contributed by atoms with E-state index in [1.54, 1.807) is 6.08 Å². The summed E-state index contributed by atoms with van der Waals surface area (Å²) in [5.74, 6) is -0.0989. The molecule has 0 aliphatic rings. The van der Waals surface area contributed by atoms with Gasteiger partial charge >= 0.3 is 0 Å². The Kier molecular flexibility index (Phi) is 30.9. The van der Waals surface area contributed by atoms with Crippen LogP contribution in [-0.2, 0) is 4.79 Å². The van der Waals surface area contributed by atoms with E-state index in [0.717, 1.165) is 25.7 Å². The predicted octanol–water partition coefficient (Wildman–Crippen LogP) is 9.95. The molecule has 0 aromatic heterocycles. The number of carbonyl (C=O) groups is 1. The van der Waals surface area contributed by atoms with Gasteiger partial charge in [0.2, 0.25) is 5.91 Å². The lowest BCUT2D eigenvalue weighted by Crippen LogP contribution is -2.45. The van der Waals surface area contributed by atoms with Crippen LogP contribution in [0.1, 0.15) is 187 Å². The normalized spacial score (nSPS) is 13.2. The van der Waals surface area contributed by atoms with Gasteiger partial charge in [0.15, 0.2) is 0 Å². The van der Waals surface area contributed by atoms with Crippen LogP contribution in [0.15, 0.2) is 12.2 Å². The molecular weight excluding hydrogens is 482 g/mol. The summed E-state index contributed by atoms with van der Waals surface area (Å²) in [5, 5.41) is 22.4. The molecule has 0 aromatic carbocycles. The third kappa shape index (κ3) is 28.5. The van der Waals surface area contributed by atoms with Crippen molar-refractivity contribution >= 4 is 5.91 Å². The van der Waals surface area contributed by atoms with E-state index in [1.807, 2.05) is 13.0 Å². The quantitative estimate of drug-likeness (QED) is 0.0593. The molecule has 0 saturated heterocycles. The molecule has 0 spiro atoms. The van der Waals surface area contributed by atoms with Crippen molar-refractivity contribution in [1.29, 1.82) is 0 Å². The first-order valence-electron chi connectivity index (χ1n) is 17.4. The lowest BCUT2D eigenvalue weighted by molar-refractivity contribution is -0.123. The number of aliphatic hydroxyl groups is 2. The average molecular weight is 552 g/mol. The van der Waals surface area contributed by atoms with Gasteiger partial charge in [0.05, 0.1) is 18.8 Å². The topological polar surface area (TPSA) is 69.6 Å². The van der Waals surface area contributed by atoms with Gasteiger partial charge < -0.3 is 15.5 Å². The molecule has 0 rings (SSSR count). The van der Waals surface area contributed by atoms with Crippen molar-refractivity contribution in [3.8, 4) is 0 Å². The van der Waals surface area contributed by atoms with Gasteiger partial charge in [-0.05, 0) is 19.3 Å². The zero-order valence-electron chi connectivity index (χ0n) is 26.4. The Balaban J connectivity index is 3.35. The maximum Gasteiger partial charge on any atom is 0.220 e. The molecule has 232 valence electrons. The number of aliphatic hydroxyl groups excluding tert-OH is 2. The third-order valence-electron chi connectivity index (χ3n) is 8.02. The number of amides is 1. The first-order valence-corrected chi connectivity index (χ1v) is 17.4. The zero-order chi connectivity index (χ0) is 28.7. The lowest BCUT2D eigenvalue weighted by Gasteiger charge is -2.19. The van der Waals surface area contributed by atoms with Gasteiger partial charge in [0.1, 0.15) is 0 Å². The maximum absolute atomic E-state index is 11.8. The van der Waals surface area contributed by atoms with E-state index in [-0.39, 0.29) is 12.5 Å². The van der Waals surface area contributed by atoms with Crippen molar-refractivity contribution in [3.63, 3.8) is 0 Å². The highest BCUT2D eigenvalue weighted by Gasteiger charge is 2.17. The molecule has 1 amide bonds. The first-order chi connectivity index (χ1) is 19.2. The largest absolute Gasteiger partial charge is 0.394 e. The number of rotatable bonds is 31. The molecule has 0 saturated carbocycles. The fraction of sp³-hybridized carbons (Fsp3) is 0.914. The SMILES string of the molecule is CCCCCCCCCCCCCCCCCCCCCCCCC/C=C/C(O)C(CO)NC(=O)CCCC. The highest BCUT2D eigenvalue weighted by atomic mass is 16.3. The van der Waals surface area contributed by atoms with E-state index in [2.05, 4.69) is 12.2 Å². The van der Waals surface area contributed by atoms with E-state index in [9.17, 15) is 15.0 Å².